The molecule has 0 N–H and O–H groups in total. The largest absolute Gasteiger partial charge is 0.442 e. The molecule has 22 heavy (non-hydrogen) atoms. The van der Waals surface area contributed by atoms with E-state index in [1.165, 1.54) is 24.3 Å². The Balaban J connectivity index is 1.74. The molecule has 1 saturated heterocycles. The predicted octanol–water partition coefficient (Wildman–Crippen LogP) is 2.98. The van der Waals surface area contributed by atoms with E-state index in [0.717, 1.165) is 13.1 Å². The fourth-order valence-electron chi connectivity index (χ4n) is 2.36. The lowest BCUT2D eigenvalue weighted by atomic mass is 10.0. The molecule has 1 aromatic carbocycles. The van der Waals surface area contributed by atoms with Crippen molar-refractivity contribution in [3.63, 3.8) is 0 Å². The van der Waals surface area contributed by atoms with E-state index in [4.69, 9.17) is 0 Å². The average molecular weight is 424 g/mol. The van der Waals surface area contributed by atoms with Crippen molar-refractivity contribution in [1.29, 1.82) is 0 Å². The molecule has 1 aromatic rings. The lowest BCUT2D eigenvalue weighted by Gasteiger charge is -2.31. The maximum atomic E-state index is 12.9. The Bertz CT molecular complexity index is 603. The summed E-state index contributed by atoms with van der Waals surface area (Å²) in [5.74, 6) is -0.165. The van der Waals surface area contributed by atoms with E-state index < -0.39 is 11.8 Å². The second-order valence-corrected chi connectivity index (χ2v) is 6.51. The summed E-state index contributed by atoms with van der Waals surface area (Å²) in [5.41, 5.74) is -2.11. The fraction of sp³-hybridized carbons (Fsp3) is 0.462. The Hall–Kier alpha value is -1.23. The monoisotopic (exact) mass is 424 g/mol. The molecular weight excluding hydrogens is 412 g/mol. The van der Waals surface area contributed by atoms with Gasteiger partial charge in [0, 0.05) is 60.2 Å². The first-order chi connectivity index (χ1) is 10.3. The van der Waals surface area contributed by atoms with Gasteiger partial charge in [-0.3, -0.25) is 4.79 Å². The summed E-state index contributed by atoms with van der Waals surface area (Å²) in [6, 6.07) is 5.36. The topological polar surface area (TPSA) is 48.3 Å². The summed E-state index contributed by atoms with van der Waals surface area (Å²) in [6.07, 6.45) is -4.55. The van der Waals surface area contributed by atoms with Crippen LogP contribution in [0.15, 0.2) is 34.5 Å². The number of amides is 1. The molecule has 2 aliphatic rings. The van der Waals surface area contributed by atoms with Crippen molar-refractivity contribution in [2.45, 2.75) is 11.8 Å². The molecule has 0 bridgehead atoms. The van der Waals surface area contributed by atoms with Gasteiger partial charge in [0.15, 0.2) is 0 Å². The van der Waals surface area contributed by atoms with Crippen LogP contribution < -0.4 is 0 Å². The summed E-state index contributed by atoms with van der Waals surface area (Å²) in [5, 5.41) is 6.29. The predicted molar refractivity (Wildman–Crippen MR) is 80.5 cm³/mol. The van der Waals surface area contributed by atoms with Crippen LogP contribution in [-0.4, -0.2) is 46.3 Å². The molecule has 0 unspecified atom stereocenters. The molecule has 0 spiro atoms. The van der Waals surface area contributed by atoms with Gasteiger partial charge in [0.1, 0.15) is 0 Å². The highest BCUT2D eigenvalue weighted by molar-refractivity contribution is 14.1. The molecule has 118 valence electrons. The Labute approximate surface area is 138 Å². The quantitative estimate of drug-likeness (QED) is 0.542. The van der Waals surface area contributed by atoms with E-state index in [2.05, 4.69) is 36.2 Å². The third kappa shape index (κ3) is 2.71. The van der Waals surface area contributed by atoms with Gasteiger partial charge in [-0.2, -0.15) is 13.2 Å². The van der Waals surface area contributed by atoms with Gasteiger partial charge >= 0.3 is 11.8 Å². The van der Waals surface area contributed by atoms with E-state index in [1.54, 1.807) is 4.90 Å². The maximum absolute atomic E-state index is 12.9. The smallest absolute Gasteiger partial charge is 0.336 e. The minimum atomic E-state index is -4.55. The van der Waals surface area contributed by atoms with Crippen LogP contribution in [-0.2, 0) is 5.66 Å². The van der Waals surface area contributed by atoms with Gasteiger partial charge in [-0.05, 0) is 12.1 Å². The lowest BCUT2D eigenvalue weighted by molar-refractivity contribution is -0.166. The van der Waals surface area contributed by atoms with E-state index in [0.29, 0.717) is 18.7 Å². The number of carbonyl (C=O) groups is 1. The first kappa shape index (κ1) is 15.7. The third-order valence-corrected chi connectivity index (χ3v) is 4.71. The Morgan fingerprint density at radius 1 is 1.09 bits per heavy atom. The van der Waals surface area contributed by atoms with Crippen molar-refractivity contribution in [1.82, 2.24) is 8.01 Å². The van der Waals surface area contributed by atoms with Gasteiger partial charge in [-0.25, -0.2) is 3.11 Å². The van der Waals surface area contributed by atoms with Crippen LogP contribution in [0, 0.1) is 0 Å². The highest BCUT2D eigenvalue weighted by Gasteiger charge is 2.65. The van der Waals surface area contributed by atoms with Crippen molar-refractivity contribution in [2.75, 3.05) is 26.2 Å². The fourth-order valence-corrected chi connectivity index (χ4v) is 2.79. The first-order valence-corrected chi connectivity index (χ1v) is 7.61. The number of halogens is 4. The van der Waals surface area contributed by atoms with Crippen LogP contribution in [0.1, 0.15) is 15.9 Å². The second-order valence-electron chi connectivity index (χ2n) is 5.15. The van der Waals surface area contributed by atoms with Crippen molar-refractivity contribution in [3.05, 3.63) is 35.4 Å². The molecule has 2 aliphatic heterocycles. The van der Waals surface area contributed by atoms with Crippen LogP contribution in [0.4, 0.5) is 13.2 Å². The van der Waals surface area contributed by atoms with Crippen LogP contribution >= 0.6 is 22.9 Å². The van der Waals surface area contributed by atoms with Gasteiger partial charge in [-0.15, -0.1) is 10.2 Å². The molecule has 0 aliphatic carbocycles. The van der Waals surface area contributed by atoms with Gasteiger partial charge in [0.05, 0.1) is 0 Å². The Morgan fingerprint density at radius 2 is 1.64 bits per heavy atom. The van der Waals surface area contributed by atoms with E-state index >= 15 is 0 Å². The summed E-state index contributed by atoms with van der Waals surface area (Å²) in [6.45, 7) is 2.78. The highest BCUT2D eigenvalue weighted by atomic mass is 127. The number of hydrogen-bond acceptors (Lipinski definition) is 4. The Morgan fingerprint density at radius 3 is 2.09 bits per heavy atom. The van der Waals surface area contributed by atoms with Gasteiger partial charge in [0.25, 0.3) is 5.91 Å². The summed E-state index contributed by atoms with van der Waals surface area (Å²) >= 11 is 2.20. The zero-order valence-corrected chi connectivity index (χ0v) is 13.5. The first-order valence-electron chi connectivity index (χ1n) is 6.65. The van der Waals surface area contributed by atoms with Crippen molar-refractivity contribution >= 4 is 28.8 Å². The normalized spacial score (nSPS) is 21.0. The highest BCUT2D eigenvalue weighted by Crippen LogP contribution is 2.52. The van der Waals surface area contributed by atoms with Gasteiger partial charge < -0.3 is 4.90 Å². The molecule has 9 heteroatoms. The van der Waals surface area contributed by atoms with Crippen LogP contribution in [0.5, 0.6) is 0 Å². The van der Waals surface area contributed by atoms with Crippen molar-refractivity contribution in [2.24, 2.45) is 10.2 Å². The summed E-state index contributed by atoms with van der Waals surface area (Å²) in [7, 11) is 0. The Kier molecular flexibility index (Phi) is 3.87. The minimum Gasteiger partial charge on any atom is -0.336 e. The number of piperazine rings is 1. The van der Waals surface area contributed by atoms with E-state index in [-0.39, 0.29) is 11.5 Å². The zero-order chi connectivity index (χ0) is 16.0. The molecule has 0 atom stereocenters. The maximum Gasteiger partial charge on any atom is 0.442 e. The molecule has 3 rings (SSSR count). The van der Waals surface area contributed by atoms with Crippen molar-refractivity contribution in [3.8, 4) is 0 Å². The zero-order valence-electron chi connectivity index (χ0n) is 11.3. The van der Waals surface area contributed by atoms with Crippen LogP contribution in [0.2, 0.25) is 0 Å². The molecular formula is C13H12F3IN4O. The third-order valence-electron chi connectivity index (χ3n) is 3.74. The molecule has 5 nitrogen and oxygen atoms in total. The number of carbonyl (C=O) groups excluding carboxylic acids is 1. The van der Waals surface area contributed by atoms with Gasteiger partial charge in [-0.1, -0.05) is 12.1 Å². The number of hydrogen-bond donors (Lipinski definition) is 0. The molecule has 0 radical (unpaired) electrons. The molecule has 1 amide bonds. The van der Waals surface area contributed by atoms with Crippen LogP contribution in [0.25, 0.3) is 0 Å². The van der Waals surface area contributed by atoms with E-state index in [9.17, 15) is 18.0 Å². The number of benzene rings is 1. The standard InChI is InChI=1S/C13H12F3IN4O/c14-13(15,16)12(18-19-12)10-3-1-9(2-4-10)11(22)20-5-7-21(17)8-6-20/h1-4H,5-8H2. The summed E-state index contributed by atoms with van der Waals surface area (Å²) in [4.78, 5) is 14.0. The molecule has 2 heterocycles. The van der Waals surface area contributed by atoms with Crippen molar-refractivity contribution < 1.29 is 18.0 Å². The number of rotatable bonds is 2. The summed E-state index contributed by atoms with van der Waals surface area (Å²) < 4.78 is 40.8. The molecule has 0 aromatic heterocycles. The van der Waals surface area contributed by atoms with Crippen LogP contribution in [0.3, 0.4) is 0 Å². The molecule has 1 fully saturated rings. The number of alkyl halides is 3. The van der Waals surface area contributed by atoms with Gasteiger partial charge in [0.2, 0.25) is 0 Å². The average Bonchev–Trinajstić information content (AvgIpc) is 3.29. The second kappa shape index (κ2) is 5.44. The SMILES string of the molecule is O=C(c1ccc(C2(C(F)(F)F)N=N2)cc1)N1CCN(I)CC1. The van der Waals surface area contributed by atoms with E-state index in [1.807, 2.05) is 0 Å². The molecule has 0 saturated carbocycles. The number of nitrogens with zero attached hydrogens (tertiary/aromatic N) is 4. The minimum absolute atomic E-state index is 0.0615. The lowest BCUT2D eigenvalue weighted by Crippen LogP contribution is -2.45.